The fraction of sp³-hybridized carbons (Fsp3) is 0.222. The molecule has 0 bridgehead atoms. The Labute approximate surface area is 75.0 Å². The highest BCUT2D eigenvalue weighted by Crippen LogP contribution is 2.19. The fourth-order valence-electron chi connectivity index (χ4n) is 1.40. The van der Waals surface area contributed by atoms with Gasteiger partial charge in [-0.3, -0.25) is 4.68 Å². The summed E-state index contributed by atoms with van der Waals surface area (Å²) in [7, 11) is 1.78. The molecule has 1 aromatic heterocycles. The SMILES string of the molecule is Cn1ncc2c(F)c(CN)ccc21. The maximum Gasteiger partial charge on any atom is 0.138 e. The van der Waals surface area contributed by atoms with Crippen molar-refractivity contribution in [2.45, 2.75) is 6.54 Å². The highest BCUT2D eigenvalue weighted by Gasteiger charge is 2.08. The Bertz CT molecular complexity index is 447. The van der Waals surface area contributed by atoms with E-state index in [-0.39, 0.29) is 12.4 Å². The van der Waals surface area contributed by atoms with Crippen molar-refractivity contribution >= 4 is 10.9 Å². The lowest BCUT2D eigenvalue weighted by atomic mass is 10.1. The number of benzene rings is 1. The molecule has 68 valence electrons. The topological polar surface area (TPSA) is 43.8 Å². The molecule has 2 rings (SSSR count). The molecular weight excluding hydrogens is 169 g/mol. The van der Waals surface area contributed by atoms with Crippen LogP contribution in [0.4, 0.5) is 4.39 Å². The van der Waals surface area contributed by atoms with Crippen LogP contribution in [0, 0.1) is 5.82 Å². The largest absolute Gasteiger partial charge is 0.326 e. The summed E-state index contributed by atoms with van der Waals surface area (Å²) in [6.45, 7) is 0.219. The molecule has 1 aromatic carbocycles. The van der Waals surface area contributed by atoms with E-state index in [1.165, 1.54) is 6.20 Å². The first-order chi connectivity index (χ1) is 6.24. The number of fused-ring (bicyclic) bond motifs is 1. The highest BCUT2D eigenvalue weighted by atomic mass is 19.1. The third-order valence-electron chi connectivity index (χ3n) is 2.17. The first kappa shape index (κ1) is 8.19. The molecule has 0 amide bonds. The third kappa shape index (κ3) is 1.10. The normalized spacial score (nSPS) is 11.0. The van der Waals surface area contributed by atoms with E-state index in [9.17, 15) is 4.39 Å². The van der Waals surface area contributed by atoms with E-state index >= 15 is 0 Å². The molecule has 4 heteroatoms. The van der Waals surface area contributed by atoms with E-state index < -0.39 is 0 Å². The van der Waals surface area contributed by atoms with E-state index in [0.29, 0.717) is 10.9 Å². The smallest absolute Gasteiger partial charge is 0.138 e. The predicted octanol–water partition coefficient (Wildman–Crippen LogP) is 1.17. The van der Waals surface area contributed by atoms with Crippen LogP contribution in [0.5, 0.6) is 0 Å². The molecule has 1 heterocycles. The standard InChI is InChI=1S/C9H10FN3/c1-13-8-3-2-6(4-11)9(10)7(8)5-12-13/h2-3,5H,4,11H2,1H3. The van der Waals surface area contributed by atoms with Crippen LogP contribution in [-0.4, -0.2) is 9.78 Å². The minimum absolute atomic E-state index is 0.219. The average molecular weight is 179 g/mol. The summed E-state index contributed by atoms with van der Waals surface area (Å²) >= 11 is 0. The molecule has 0 radical (unpaired) electrons. The van der Waals surface area contributed by atoms with Crippen LogP contribution in [0.25, 0.3) is 10.9 Å². The zero-order valence-electron chi connectivity index (χ0n) is 7.29. The molecule has 0 unspecified atom stereocenters. The van der Waals surface area contributed by atoms with Crippen molar-refractivity contribution in [2.75, 3.05) is 0 Å². The Balaban J connectivity index is 2.80. The van der Waals surface area contributed by atoms with Crippen molar-refractivity contribution in [2.24, 2.45) is 12.8 Å². The second-order valence-electron chi connectivity index (χ2n) is 2.94. The van der Waals surface area contributed by atoms with Crippen LogP contribution in [0.1, 0.15) is 5.56 Å². The summed E-state index contributed by atoms with van der Waals surface area (Å²) in [4.78, 5) is 0. The molecule has 13 heavy (non-hydrogen) atoms. The molecule has 0 aliphatic heterocycles. The molecule has 0 saturated heterocycles. The van der Waals surface area contributed by atoms with Gasteiger partial charge < -0.3 is 5.73 Å². The van der Waals surface area contributed by atoms with Crippen molar-refractivity contribution in [3.05, 3.63) is 29.7 Å². The van der Waals surface area contributed by atoms with Gasteiger partial charge in [-0.15, -0.1) is 0 Å². The van der Waals surface area contributed by atoms with E-state index in [0.717, 1.165) is 5.52 Å². The first-order valence-electron chi connectivity index (χ1n) is 4.03. The average Bonchev–Trinajstić information content (AvgIpc) is 2.50. The zero-order chi connectivity index (χ0) is 9.42. The second kappa shape index (κ2) is 2.81. The summed E-state index contributed by atoms with van der Waals surface area (Å²) in [6.07, 6.45) is 1.52. The number of rotatable bonds is 1. The molecule has 0 aliphatic carbocycles. The minimum Gasteiger partial charge on any atom is -0.326 e. The van der Waals surface area contributed by atoms with Crippen molar-refractivity contribution in [3.63, 3.8) is 0 Å². The molecular formula is C9H10FN3. The molecule has 2 N–H and O–H groups in total. The predicted molar refractivity (Wildman–Crippen MR) is 48.6 cm³/mol. The number of nitrogens with zero attached hydrogens (tertiary/aromatic N) is 2. The maximum absolute atomic E-state index is 13.5. The lowest BCUT2D eigenvalue weighted by molar-refractivity contribution is 0.622. The van der Waals surface area contributed by atoms with Crippen LogP contribution in [0.15, 0.2) is 18.3 Å². The van der Waals surface area contributed by atoms with Gasteiger partial charge in [0.05, 0.1) is 17.1 Å². The van der Waals surface area contributed by atoms with Gasteiger partial charge in [0.1, 0.15) is 5.82 Å². The van der Waals surface area contributed by atoms with E-state index in [4.69, 9.17) is 5.73 Å². The molecule has 0 fully saturated rings. The number of nitrogens with two attached hydrogens (primary N) is 1. The Kier molecular flexibility index (Phi) is 1.77. The Hall–Kier alpha value is -1.42. The zero-order valence-corrected chi connectivity index (χ0v) is 7.29. The summed E-state index contributed by atoms with van der Waals surface area (Å²) in [5.41, 5.74) is 6.70. The second-order valence-corrected chi connectivity index (χ2v) is 2.94. The number of hydrogen-bond donors (Lipinski definition) is 1. The van der Waals surface area contributed by atoms with Crippen molar-refractivity contribution in [1.29, 1.82) is 0 Å². The Morgan fingerprint density at radius 2 is 2.31 bits per heavy atom. The third-order valence-corrected chi connectivity index (χ3v) is 2.17. The van der Waals surface area contributed by atoms with Crippen LogP contribution in [-0.2, 0) is 13.6 Å². The van der Waals surface area contributed by atoms with E-state index in [1.54, 1.807) is 17.8 Å². The van der Waals surface area contributed by atoms with Gasteiger partial charge >= 0.3 is 0 Å². The monoisotopic (exact) mass is 179 g/mol. The van der Waals surface area contributed by atoms with Gasteiger partial charge in [0.2, 0.25) is 0 Å². The van der Waals surface area contributed by atoms with Gasteiger partial charge in [-0.1, -0.05) is 6.07 Å². The highest BCUT2D eigenvalue weighted by molar-refractivity contribution is 5.80. The Morgan fingerprint density at radius 1 is 1.54 bits per heavy atom. The Morgan fingerprint density at radius 3 is 3.00 bits per heavy atom. The summed E-state index contributed by atoms with van der Waals surface area (Å²) in [5.74, 6) is -0.256. The van der Waals surface area contributed by atoms with E-state index in [2.05, 4.69) is 5.10 Å². The first-order valence-corrected chi connectivity index (χ1v) is 4.03. The van der Waals surface area contributed by atoms with Crippen LogP contribution in [0.3, 0.4) is 0 Å². The molecule has 0 atom stereocenters. The minimum atomic E-state index is -0.256. The van der Waals surface area contributed by atoms with Gasteiger partial charge in [-0.05, 0) is 6.07 Å². The van der Waals surface area contributed by atoms with Crippen LogP contribution < -0.4 is 5.73 Å². The summed E-state index contributed by atoms with van der Waals surface area (Å²) in [6, 6.07) is 3.52. The molecule has 0 spiro atoms. The quantitative estimate of drug-likeness (QED) is 0.714. The lowest BCUT2D eigenvalue weighted by Gasteiger charge is -2.00. The van der Waals surface area contributed by atoms with Crippen LogP contribution >= 0.6 is 0 Å². The number of hydrogen-bond acceptors (Lipinski definition) is 2. The van der Waals surface area contributed by atoms with Crippen molar-refractivity contribution in [1.82, 2.24) is 9.78 Å². The maximum atomic E-state index is 13.5. The fourth-order valence-corrected chi connectivity index (χ4v) is 1.40. The molecule has 3 nitrogen and oxygen atoms in total. The molecule has 0 saturated carbocycles. The molecule has 0 aliphatic rings. The lowest BCUT2D eigenvalue weighted by Crippen LogP contribution is -2.00. The van der Waals surface area contributed by atoms with Crippen molar-refractivity contribution < 1.29 is 4.39 Å². The van der Waals surface area contributed by atoms with E-state index in [1.807, 2.05) is 6.07 Å². The van der Waals surface area contributed by atoms with Gasteiger partial charge in [-0.25, -0.2) is 4.39 Å². The number of halogens is 1. The van der Waals surface area contributed by atoms with Crippen LogP contribution in [0.2, 0.25) is 0 Å². The van der Waals surface area contributed by atoms with Gasteiger partial charge in [0, 0.05) is 19.2 Å². The van der Waals surface area contributed by atoms with Crippen molar-refractivity contribution in [3.8, 4) is 0 Å². The molecule has 2 aromatic rings. The summed E-state index contributed by atoms with van der Waals surface area (Å²) in [5, 5.41) is 4.50. The summed E-state index contributed by atoms with van der Waals surface area (Å²) < 4.78 is 15.2. The number of aryl methyl sites for hydroxylation is 1. The van der Waals surface area contributed by atoms with Gasteiger partial charge in [-0.2, -0.15) is 5.10 Å². The van der Waals surface area contributed by atoms with Gasteiger partial charge in [0.25, 0.3) is 0 Å². The number of aromatic nitrogens is 2. The van der Waals surface area contributed by atoms with Gasteiger partial charge in [0.15, 0.2) is 0 Å².